The first kappa shape index (κ1) is 10.3. The number of piperidine rings is 1. The summed E-state index contributed by atoms with van der Waals surface area (Å²) in [5.41, 5.74) is 0. The van der Waals surface area contributed by atoms with Crippen molar-refractivity contribution >= 4 is 17.2 Å². The zero-order valence-corrected chi connectivity index (χ0v) is 9.30. The van der Waals surface area contributed by atoms with Gasteiger partial charge in [0.15, 0.2) is 5.79 Å². The van der Waals surface area contributed by atoms with E-state index in [1.807, 2.05) is 20.8 Å². The summed E-state index contributed by atoms with van der Waals surface area (Å²) >= 11 is 5.01. The molecule has 2 N–H and O–H groups in total. The number of fused-ring (bicyclic) bond motifs is 1. The molecule has 14 heavy (non-hydrogen) atoms. The van der Waals surface area contributed by atoms with Crippen molar-refractivity contribution in [1.82, 2.24) is 5.32 Å². The van der Waals surface area contributed by atoms with Crippen LogP contribution in [0, 0.1) is 0 Å². The molecular weight excluding hydrogens is 202 g/mol. The van der Waals surface area contributed by atoms with Crippen molar-refractivity contribution < 1.29 is 14.6 Å². The van der Waals surface area contributed by atoms with Gasteiger partial charge in [-0.3, -0.25) is 0 Å². The number of nitrogens with one attached hydrogen (secondary N) is 1. The van der Waals surface area contributed by atoms with Gasteiger partial charge in [-0.05, 0) is 20.8 Å². The SMILES string of the molecule is C[C@@H]1NC(=S)C(O)[C@@H]2OC(C)(C)O[C@H]12. The lowest BCUT2D eigenvalue weighted by Gasteiger charge is -2.34. The molecule has 2 fully saturated rings. The van der Waals surface area contributed by atoms with Gasteiger partial charge in [0, 0.05) is 0 Å². The van der Waals surface area contributed by atoms with Crippen LogP contribution in [0.15, 0.2) is 0 Å². The van der Waals surface area contributed by atoms with Gasteiger partial charge in [-0.1, -0.05) is 12.2 Å². The smallest absolute Gasteiger partial charge is 0.164 e. The zero-order chi connectivity index (χ0) is 10.5. The molecule has 0 aromatic carbocycles. The van der Waals surface area contributed by atoms with Crippen molar-refractivity contribution in [3.63, 3.8) is 0 Å². The highest BCUT2D eigenvalue weighted by Gasteiger charge is 2.51. The predicted molar refractivity (Wildman–Crippen MR) is 55.0 cm³/mol. The molecule has 0 spiro atoms. The monoisotopic (exact) mass is 217 g/mol. The molecule has 0 aromatic heterocycles. The Hall–Kier alpha value is -0.230. The molecule has 0 radical (unpaired) electrons. The fraction of sp³-hybridized carbons (Fsp3) is 0.889. The van der Waals surface area contributed by atoms with Crippen molar-refractivity contribution in [2.24, 2.45) is 0 Å². The zero-order valence-electron chi connectivity index (χ0n) is 8.48. The van der Waals surface area contributed by atoms with E-state index in [0.717, 1.165) is 0 Å². The molecule has 1 unspecified atom stereocenters. The van der Waals surface area contributed by atoms with Crippen LogP contribution in [0.3, 0.4) is 0 Å². The first-order valence-electron chi connectivity index (χ1n) is 4.75. The van der Waals surface area contributed by atoms with Gasteiger partial charge in [0.1, 0.15) is 23.3 Å². The molecule has 0 aliphatic carbocycles. The Morgan fingerprint density at radius 1 is 1.36 bits per heavy atom. The fourth-order valence-electron chi connectivity index (χ4n) is 1.99. The summed E-state index contributed by atoms with van der Waals surface area (Å²) in [6.45, 7) is 5.65. The number of hydrogen-bond acceptors (Lipinski definition) is 4. The van der Waals surface area contributed by atoms with Gasteiger partial charge in [-0.25, -0.2) is 0 Å². The van der Waals surface area contributed by atoms with Crippen LogP contribution in [0.4, 0.5) is 0 Å². The lowest BCUT2D eigenvalue weighted by atomic mass is 9.97. The van der Waals surface area contributed by atoms with E-state index in [0.29, 0.717) is 4.99 Å². The number of hydrogen-bond donors (Lipinski definition) is 2. The molecule has 4 atom stereocenters. The molecule has 2 saturated heterocycles. The first-order chi connectivity index (χ1) is 6.41. The lowest BCUT2D eigenvalue weighted by Crippen LogP contribution is -2.59. The fourth-order valence-corrected chi connectivity index (χ4v) is 2.31. The van der Waals surface area contributed by atoms with Gasteiger partial charge in [0.05, 0.1) is 6.04 Å². The summed E-state index contributed by atoms with van der Waals surface area (Å²) in [5.74, 6) is -0.633. The normalized spacial score (nSPS) is 45.9. The van der Waals surface area contributed by atoms with Gasteiger partial charge < -0.3 is 19.9 Å². The second kappa shape index (κ2) is 3.13. The molecule has 0 aromatic rings. The van der Waals surface area contributed by atoms with E-state index in [1.165, 1.54) is 0 Å². The lowest BCUT2D eigenvalue weighted by molar-refractivity contribution is -0.151. The first-order valence-corrected chi connectivity index (χ1v) is 5.15. The number of rotatable bonds is 0. The minimum Gasteiger partial charge on any atom is -0.383 e. The third-order valence-electron chi connectivity index (χ3n) is 2.61. The average molecular weight is 217 g/mol. The predicted octanol–water partition coefficient (Wildman–Crippen LogP) is 0.186. The van der Waals surface area contributed by atoms with E-state index in [-0.39, 0.29) is 18.2 Å². The molecule has 80 valence electrons. The van der Waals surface area contributed by atoms with E-state index < -0.39 is 11.9 Å². The average Bonchev–Trinajstić information content (AvgIpc) is 2.38. The Labute approximate surface area is 88.6 Å². The van der Waals surface area contributed by atoms with Crippen molar-refractivity contribution in [2.45, 2.75) is 50.9 Å². The van der Waals surface area contributed by atoms with E-state index in [1.54, 1.807) is 0 Å². The van der Waals surface area contributed by atoms with Crippen LogP contribution >= 0.6 is 12.2 Å². The maximum absolute atomic E-state index is 9.79. The topological polar surface area (TPSA) is 50.7 Å². The summed E-state index contributed by atoms with van der Waals surface area (Å²) in [7, 11) is 0. The molecule has 0 bridgehead atoms. The molecule has 2 heterocycles. The highest BCUT2D eigenvalue weighted by molar-refractivity contribution is 7.80. The number of ether oxygens (including phenoxy) is 2. The Kier molecular flexibility index (Phi) is 2.30. The van der Waals surface area contributed by atoms with Gasteiger partial charge in [0.2, 0.25) is 0 Å². The van der Waals surface area contributed by atoms with E-state index in [4.69, 9.17) is 21.7 Å². The quantitative estimate of drug-likeness (QED) is 0.567. The Bertz CT molecular complexity index is 269. The standard InChI is InChI=1S/C9H15NO3S/c1-4-6-7(5(11)8(14)10-4)13-9(2,3)12-6/h4-7,11H,1-3H3,(H,10,14)/t4-,5?,6+,7-/m0/s1. The number of thiocarbonyl (C=S) groups is 1. The van der Waals surface area contributed by atoms with Crippen molar-refractivity contribution in [1.29, 1.82) is 0 Å². The largest absolute Gasteiger partial charge is 0.383 e. The van der Waals surface area contributed by atoms with Crippen LogP contribution in [-0.2, 0) is 9.47 Å². The Morgan fingerprint density at radius 3 is 2.57 bits per heavy atom. The van der Waals surface area contributed by atoms with Gasteiger partial charge >= 0.3 is 0 Å². The maximum atomic E-state index is 9.79. The summed E-state index contributed by atoms with van der Waals surface area (Å²) in [5, 5.41) is 12.8. The van der Waals surface area contributed by atoms with Crippen LogP contribution in [0.2, 0.25) is 0 Å². The number of aliphatic hydroxyl groups excluding tert-OH is 1. The molecule has 2 aliphatic rings. The molecule has 2 aliphatic heterocycles. The molecule has 0 saturated carbocycles. The van der Waals surface area contributed by atoms with E-state index in [9.17, 15) is 5.11 Å². The van der Waals surface area contributed by atoms with Crippen LogP contribution in [0.25, 0.3) is 0 Å². The molecule has 4 nitrogen and oxygen atoms in total. The van der Waals surface area contributed by atoms with Gasteiger partial charge in [-0.15, -0.1) is 0 Å². The molecule has 0 amide bonds. The highest BCUT2D eigenvalue weighted by Crippen LogP contribution is 2.33. The Morgan fingerprint density at radius 2 is 1.93 bits per heavy atom. The van der Waals surface area contributed by atoms with Gasteiger partial charge in [0.25, 0.3) is 0 Å². The Balaban J connectivity index is 2.22. The van der Waals surface area contributed by atoms with E-state index in [2.05, 4.69) is 5.32 Å². The van der Waals surface area contributed by atoms with Crippen molar-refractivity contribution in [3.05, 3.63) is 0 Å². The summed E-state index contributed by atoms with van der Waals surface area (Å²) in [4.78, 5) is 0.444. The number of aliphatic hydroxyl groups is 1. The second-order valence-electron chi connectivity index (χ2n) is 4.31. The van der Waals surface area contributed by atoms with Crippen LogP contribution in [-0.4, -0.2) is 40.2 Å². The third kappa shape index (κ3) is 1.54. The molecular formula is C9H15NO3S. The van der Waals surface area contributed by atoms with Crippen LogP contribution in [0.5, 0.6) is 0 Å². The minimum absolute atomic E-state index is 0.0812. The minimum atomic E-state index is -0.757. The van der Waals surface area contributed by atoms with E-state index >= 15 is 0 Å². The highest BCUT2D eigenvalue weighted by atomic mass is 32.1. The molecule has 5 heteroatoms. The summed E-state index contributed by atoms with van der Waals surface area (Å²) in [6, 6.07) is 0.0812. The maximum Gasteiger partial charge on any atom is 0.164 e. The van der Waals surface area contributed by atoms with Gasteiger partial charge in [-0.2, -0.15) is 0 Å². The summed E-state index contributed by atoms with van der Waals surface area (Å²) < 4.78 is 11.3. The third-order valence-corrected chi connectivity index (χ3v) is 2.97. The second-order valence-corrected chi connectivity index (χ2v) is 4.75. The van der Waals surface area contributed by atoms with Crippen LogP contribution < -0.4 is 5.32 Å². The molecule has 2 rings (SSSR count). The van der Waals surface area contributed by atoms with Crippen molar-refractivity contribution in [2.75, 3.05) is 0 Å². The van der Waals surface area contributed by atoms with Crippen LogP contribution in [0.1, 0.15) is 20.8 Å². The summed E-state index contributed by atoms with van der Waals surface area (Å²) in [6.07, 6.45) is -1.23. The van der Waals surface area contributed by atoms with Crippen molar-refractivity contribution in [3.8, 4) is 0 Å².